The Morgan fingerprint density at radius 1 is 0.769 bits per heavy atom. The van der Waals surface area contributed by atoms with Gasteiger partial charge in [-0.05, 0) is 115 Å². The number of amides is 3. The summed E-state index contributed by atoms with van der Waals surface area (Å²) in [5.74, 6) is -0.860. The van der Waals surface area contributed by atoms with E-state index in [0.717, 1.165) is 21.7 Å². The van der Waals surface area contributed by atoms with Crippen LogP contribution in [0.1, 0.15) is 106 Å². The average Bonchev–Trinajstić information content (AvgIpc) is 3.41. The van der Waals surface area contributed by atoms with Gasteiger partial charge in [0.15, 0.2) is 0 Å². The topological polar surface area (TPSA) is 161 Å². The fraction of sp³-hybridized carbons (Fsp3) is 0.425. The molecule has 12 heteroatoms. The summed E-state index contributed by atoms with van der Waals surface area (Å²) in [5, 5.41) is 19.8. The maximum absolute atomic E-state index is 14.1. The van der Waals surface area contributed by atoms with E-state index in [9.17, 15) is 19.2 Å². The molecule has 0 bridgehead atoms. The van der Waals surface area contributed by atoms with E-state index in [1.807, 2.05) is 61.7 Å². The van der Waals surface area contributed by atoms with E-state index in [2.05, 4.69) is 16.0 Å². The molecule has 1 aliphatic carbocycles. The molecule has 4 aromatic rings. The highest BCUT2D eigenvalue weighted by Crippen LogP contribution is 2.28. The highest BCUT2D eigenvalue weighted by molar-refractivity contribution is 6.07. The maximum atomic E-state index is 14.1. The minimum absolute atomic E-state index is 0.0440. The van der Waals surface area contributed by atoms with Crippen molar-refractivity contribution in [3.63, 3.8) is 0 Å². The monoisotopic (exact) mass is 711 g/mol. The minimum atomic E-state index is -0.744. The van der Waals surface area contributed by atoms with Crippen molar-refractivity contribution in [1.29, 1.82) is 5.41 Å². The first-order valence-electron chi connectivity index (χ1n) is 17.7. The van der Waals surface area contributed by atoms with Gasteiger partial charge < -0.3 is 29.4 Å². The number of hydrogen-bond acceptors (Lipinski definition) is 8. The third-order valence-electron chi connectivity index (χ3n) is 8.62. The van der Waals surface area contributed by atoms with Crippen LogP contribution in [0.3, 0.4) is 0 Å². The SMILES string of the molecule is CCOC(=O)c1cc(Cn2c(C(=O)N[C@H]3CC[C@H](NC(=O)OC(C)(C)C)CC3)cc3ccc(C(=N)NC(=O)OC(C)(C)C)cc32)c2ccccc2c1. The summed E-state index contributed by atoms with van der Waals surface area (Å²) in [6, 6.07) is 18.3. The van der Waals surface area contributed by atoms with Crippen LogP contribution in [0.5, 0.6) is 0 Å². The number of ether oxygens (including phenoxy) is 3. The number of carbonyl (C=O) groups excluding carboxylic acids is 4. The Morgan fingerprint density at radius 3 is 2.06 bits per heavy atom. The van der Waals surface area contributed by atoms with Gasteiger partial charge in [-0.1, -0.05) is 36.4 Å². The number of nitrogens with one attached hydrogen (secondary N) is 4. The molecule has 1 fully saturated rings. The summed E-state index contributed by atoms with van der Waals surface area (Å²) in [5.41, 5.74) is 1.36. The van der Waals surface area contributed by atoms with E-state index < -0.39 is 29.4 Å². The van der Waals surface area contributed by atoms with Crippen LogP contribution < -0.4 is 16.0 Å². The molecule has 5 rings (SSSR count). The first-order chi connectivity index (χ1) is 24.5. The van der Waals surface area contributed by atoms with Gasteiger partial charge >= 0.3 is 18.2 Å². The Labute approximate surface area is 304 Å². The molecule has 0 radical (unpaired) electrons. The molecule has 1 heterocycles. The van der Waals surface area contributed by atoms with Gasteiger partial charge in [0.1, 0.15) is 22.7 Å². The molecule has 0 spiro atoms. The highest BCUT2D eigenvalue weighted by atomic mass is 16.6. The molecule has 4 N–H and O–H groups in total. The Balaban J connectivity index is 1.47. The molecule has 3 amide bonds. The zero-order valence-corrected chi connectivity index (χ0v) is 31.0. The van der Waals surface area contributed by atoms with Crippen LogP contribution in [-0.2, 0) is 20.8 Å². The lowest BCUT2D eigenvalue weighted by molar-refractivity contribution is 0.0484. The van der Waals surface area contributed by atoms with Crippen molar-refractivity contribution >= 4 is 51.6 Å². The summed E-state index contributed by atoms with van der Waals surface area (Å²) >= 11 is 0. The van der Waals surface area contributed by atoms with E-state index in [1.165, 1.54) is 0 Å². The molecule has 0 aliphatic heterocycles. The Bertz CT molecular complexity index is 2000. The Hall–Kier alpha value is -5.39. The number of aromatic nitrogens is 1. The molecule has 1 saturated carbocycles. The Kier molecular flexibility index (Phi) is 11.3. The minimum Gasteiger partial charge on any atom is -0.462 e. The number of esters is 1. The van der Waals surface area contributed by atoms with Crippen molar-refractivity contribution in [2.75, 3.05) is 6.61 Å². The van der Waals surface area contributed by atoms with Gasteiger partial charge in [0.05, 0.1) is 12.2 Å². The first-order valence-corrected chi connectivity index (χ1v) is 17.7. The van der Waals surface area contributed by atoms with Crippen LogP contribution in [-0.4, -0.2) is 64.4 Å². The molecule has 0 unspecified atom stereocenters. The number of carbonyl (C=O) groups is 4. The van der Waals surface area contributed by atoms with Gasteiger partial charge in [-0.15, -0.1) is 0 Å². The van der Waals surface area contributed by atoms with Crippen molar-refractivity contribution in [3.05, 3.63) is 83.0 Å². The van der Waals surface area contributed by atoms with Crippen LogP contribution in [0.4, 0.5) is 9.59 Å². The van der Waals surface area contributed by atoms with Crippen molar-refractivity contribution in [3.8, 4) is 0 Å². The zero-order valence-electron chi connectivity index (χ0n) is 31.0. The second kappa shape index (κ2) is 15.5. The van der Waals surface area contributed by atoms with Gasteiger partial charge in [0, 0.05) is 35.1 Å². The second-order valence-electron chi connectivity index (χ2n) is 15.1. The highest BCUT2D eigenvalue weighted by Gasteiger charge is 2.27. The molecule has 0 saturated heterocycles. The van der Waals surface area contributed by atoms with E-state index in [4.69, 9.17) is 19.6 Å². The molecular weight excluding hydrogens is 662 g/mol. The summed E-state index contributed by atoms with van der Waals surface area (Å²) in [6.07, 6.45) is 1.54. The van der Waals surface area contributed by atoms with Gasteiger partial charge in [-0.3, -0.25) is 15.5 Å². The van der Waals surface area contributed by atoms with Crippen LogP contribution in [0, 0.1) is 5.41 Å². The number of rotatable bonds is 8. The average molecular weight is 712 g/mol. The lowest BCUT2D eigenvalue weighted by atomic mass is 9.91. The summed E-state index contributed by atoms with van der Waals surface area (Å²) in [6.45, 7) is 12.9. The van der Waals surface area contributed by atoms with Crippen molar-refractivity contribution in [2.24, 2.45) is 0 Å². The molecule has 0 atom stereocenters. The van der Waals surface area contributed by atoms with E-state index >= 15 is 0 Å². The van der Waals surface area contributed by atoms with Crippen molar-refractivity contribution in [2.45, 2.75) is 104 Å². The number of amidine groups is 1. The van der Waals surface area contributed by atoms with Crippen molar-refractivity contribution in [1.82, 2.24) is 20.5 Å². The third kappa shape index (κ3) is 9.68. The first kappa shape index (κ1) is 37.9. The molecule has 1 aromatic heterocycles. The number of fused-ring (bicyclic) bond motifs is 2. The van der Waals surface area contributed by atoms with Gasteiger partial charge in [0.25, 0.3) is 5.91 Å². The lowest BCUT2D eigenvalue weighted by Gasteiger charge is -2.30. The summed E-state index contributed by atoms with van der Waals surface area (Å²) in [4.78, 5) is 51.8. The van der Waals surface area contributed by atoms with E-state index in [1.54, 1.807) is 52.0 Å². The quantitative estimate of drug-likeness (QED) is 0.0640. The number of nitrogens with zero attached hydrogens (tertiary/aromatic N) is 1. The van der Waals surface area contributed by atoms with Gasteiger partial charge in [0.2, 0.25) is 0 Å². The van der Waals surface area contributed by atoms with Crippen molar-refractivity contribution < 1.29 is 33.4 Å². The van der Waals surface area contributed by atoms with Crippen LogP contribution >= 0.6 is 0 Å². The Morgan fingerprint density at radius 2 is 1.40 bits per heavy atom. The van der Waals surface area contributed by atoms with Gasteiger partial charge in [-0.25, -0.2) is 14.4 Å². The number of alkyl carbamates (subject to hydrolysis) is 2. The number of hydrogen-bond donors (Lipinski definition) is 4. The lowest BCUT2D eigenvalue weighted by Crippen LogP contribution is -2.45. The molecule has 1 aliphatic rings. The van der Waals surface area contributed by atoms with Crippen LogP contribution in [0.2, 0.25) is 0 Å². The largest absolute Gasteiger partial charge is 0.462 e. The molecule has 12 nitrogen and oxygen atoms in total. The summed E-state index contributed by atoms with van der Waals surface area (Å²) < 4.78 is 18.0. The fourth-order valence-electron chi connectivity index (χ4n) is 6.39. The standard InChI is InChI=1S/C40H49N5O7/c1-8-50-36(47)27-19-24-11-9-10-12-31(24)28(20-27)23-45-32-22-26(34(41)44-38(49)52-40(5,6)7)14-13-25(32)21-33(45)35(46)42-29-15-17-30(18-16-29)43-37(48)51-39(2,3)4/h9-14,19-22,29-30H,8,15-18,23H2,1-7H3,(H,42,46)(H,43,48)(H2,41,44,49)/t29-,30-. The molecular formula is C40H49N5O7. The third-order valence-corrected chi connectivity index (χ3v) is 8.62. The van der Waals surface area contributed by atoms with E-state index in [0.29, 0.717) is 48.0 Å². The van der Waals surface area contributed by atoms with E-state index in [-0.39, 0.29) is 37.0 Å². The van der Waals surface area contributed by atoms with Gasteiger partial charge in [-0.2, -0.15) is 0 Å². The smallest absolute Gasteiger partial charge is 0.413 e. The van der Waals surface area contributed by atoms with Crippen LogP contribution in [0.15, 0.2) is 60.7 Å². The zero-order chi connectivity index (χ0) is 37.8. The number of benzene rings is 3. The predicted octanol–water partition coefficient (Wildman–Crippen LogP) is 7.44. The van der Waals surface area contributed by atoms with Crippen LogP contribution in [0.25, 0.3) is 21.7 Å². The molecule has 3 aromatic carbocycles. The fourth-order valence-corrected chi connectivity index (χ4v) is 6.39. The molecule has 276 valence electrons. The summed E-state index contributed by atoms with van der Waals surface area (Å²) in [7, 11) is 0. The predicted molar refractivity (Wildman–Crippen MR) is 200 cm³/mol. The maximum Gasteiger partial charge on any atom is 0.413 e. The second-order valence-corrected chi connectivity index (χ2v) is 15.1. The normalized spacial score (nSPS) is 16.2. The molecule has 52 heavy (non-hydrogen) atoms.